The number of rotatable bonds is 5. The molecular formula is C29H36O8. The molecule has 37 heavy (non-hydrogen) atoms. The summed E-state index contributed by atoms with van der Waals surface area (Å²) in [5, 5.41) is 12.0. The minimum Gasteiger partial charge on any atom is -0.469 e. The third-order valence-corrected chi connectivity index (χ3v) is 9.39. The molecule has 0 aromatic carbocycles. The number of aliphatic hydroxyl groups is 1. The fourth-order valence-corrected chi connectivity index (χ4v) is 7.36. The summed E-state index contributed by atoms with van der Waals surface area (Å²) in [5.41, 5.74) is -0.855. The molecule has 0 unspecified atom stereocenters. The summed E-state index contributed by atoms with van der Waals surface area (Å²) >= 11 is 0. The van der Waals surface area contributed by atoms with Gasteiger partial charge in [-0.3, -0.25) is 14.4 Å². The third-order valence-electron chi connectivity index (χ3n) is 9.39. The topological polar surface area (TPSA) is 116 Å². The smallest absolute Gasteiger partial charge is 0.334 e. The SMILES string of the molecule is C=C1C2=CC[C@H](C3=CCOC3=O)[C@]2(C)[C@@H](O)[C@H](OC(C)=O)[C@@H]1[C@@]1(C)C=CC(=O)C(C)(C)[C@@H]1CC(=O)OC. The fourth-order valence-electron chi connectivity index (χ4n) is 7.36. The number of hydrogen-bond acceptors (Lipinski definition) is 8. The molecule has 0 bridgehead atoms. The quantitative estimate of drug-likeness (QED) is 0.441. The van der Waals surface area contributed by atoms with Crippen molar-refractivity contribution < 1.29 is 38.5 Å². The van der Waals surface area contributed by atoms with Crippen molar-refractivity contribution in [2.75, 3.05) is 13.7 Å². The lowest BCUT2D eigenvalue weighted by Gasteiger charge is -2.57. The van der Waals surface area contributed by atoms with E-state index in [1.807, 2.05) is 19.9 Å². The van der Waals surface area contributed by atoms with Gasteiger partial charge in [-0.2, -0.15) is 0 Å². The van der Waals surface area contributed by atoms with Crippen LogP contribution in [0.25, 0.3) is 0 Å². The fraction of sp³-hybridized carbons (Fsp3) is 0.586. The van der Waals surface area contributed by atoms with Gasteiger partial charge in [-0.05, 0) is 35.6 Å². The molecule has 0 radical (unpaired) electrons. The van der Waals surface area contributed by atoms with Gasteiger partial charge in [0.25, 0.3) is 0 Å². The molecule has 4 aliphatic rings. The van der Waals surface area contributed by atoms with E-state index in [9.17, 15) is 24.3 Å². The van der Waals surface area contributed by atoms with Crippen LogP contribution >= 0.6 is 0 Å². The highest BCUT2D eigenvalue weighted by molar-refractivity contribution is 5.96. The van der Waals surface area contributed by atoms with Crippen LogP contribution in [-0.4, -0.2) is 54.7 Å². The van der Waals surface area contributed by atoms with E-state index in [1.54, 1.807) is 26.0 Å². The first-order valence-corrected chi connectivity index (χ1v) is 12.6. The van der Waals surface area contributed by atoms with Gasteiger partial charge in [-0.25, -0.2) is 4.79 Å². The zero-order chi connectivity index (χ0) is 27.5. The Kier molecular flexibility index (Phi) is 6.64. The van der Waals surface area contributed by atoms with Crippen LogP contribution in [0, 0.1) is 34.0 Å². The lowest BCUT2D eigenvalue weighted by atomic mass is 9.47. The van der Waals surface area contributed by atoms with Gasteiger partial charge < -0.3 is 19.3 Å². The van der Waals surface area contributed by atoms with Gasteiger partial charge in [-0.1, -0.05) is 46.4 Å². The molecule has 1 N–H and O–H groups in total. The lowest BCUT2D eigenvalue weighted by molar-refractivity contribution is -0.177. The first-order valence-electron chi connectivity index (χ1n) is 12.6. The lowest BCUT2D eigenvalue weighted by Crippen LogP contribution is -2.61. The van der Waals surface area contributed by atoms with Crippen LogP contribution in [0.2, 0.25) is 0 Å². The number of hydrogen-bond donors (Lipinski definition) is 1. The van der Waals surface area contributed by atoms with Crippen molar-refractivity contribution in [2.45, 2.75) is 59.7 Å². The van der Waals surface area contributed by atoms with Gasteiger partial charge in [-0.15, -0.1) is 0 Å². The average molecular weight is 513 g/mol. The summed E-state index contributed by atoms with van der Waals surface area (Å²) in [4.78, 5) is 50.3. The van der Waals surface area contributed by atoms with Crippen LogP contribution in [0.5, 0.6) is 0 Å². The number of allylic oxidation sites excluding steroid dienone is 3. The molecule has 1 aliphatic heterocycles. The van der Waals surface area contributed by atoms with E-state index in [0.717, 1.165) is 5.57 Å². The Bertz CT molecular complexity index is 1160. The first kappa shape index (κ1) is 27.0. The highest BCUT2D eigenvalue weighted by Crippen LogP contribution is 2.64. The highest BCUT2D eigenvalue weighted by Gasteiger charge is 2.64. The summed E-state index contributed by atoms with van der Waals surface area (Å²) in [7, 11) is 1.30. The summed E-state index contributed by atoms with van der Waals surface area (Å²) in [6.07, 6.45) is 5.22. The van der Waals surface area contributed by atoms with Crippen molar-refractivity contribution in [3.63, 3.8) is 0 Å². The second kappa shape index (κ2) is 9.08. The van der Waals surface area contributed by atoms with E-state index in [0.29, 0.717) is 17.6 Å². The van der Waals surface area contributed by atoms with E-state index in [-0.39, 0.29) is 24.7 Å². The molecule has 7 atom stereocenters. The molecule has 0 spiro atoms. The van der Waals surface area contributed by atoms with Crippen molar-refractivity contribution in [2.24, 2.45) is 34.0 Å². The second-order valence-corrected chi connectivity index (χ2v) is 11.6. The van der Waals surface area contributed by atoms with Crippen molar-refractivity contribution in [1.29, 1.82) is 0 Å². The van der Waals surface area contributed by atoms with Crippen molar-refractivity contribution >= 4 is 23.7 Å². The number of ether oxygens (including phenoxy) is 3. The van der Waals surface area contributed by atoms with Crippen molar-refractivity contribution in [1.82, 2.24) is 0 Å². The molecule has 8 heteroatoms. The predicted octanol–water partition coefficient (Wildman–Crippen LogP) is 3.25. The molecule has 0 saturated heterocycles. The molecule has 0 aromatic heterocycles. The molecule has 0 amide bonds. The van der Waals surface area contributed by atoms with Gasteiger partial charge in [0, 0.05) is 40.6 Å². The van der Waals surface area contributed by atoms with Crippen LogP contribution in [0.4, 0.5) is 0 Å². The summed E-state index contributed by atoms with van der Waals surface area (Å²) < 4.78 is 16.0. The van der Waals surface area contributed by atoms with Crippen molar-refractivity contribution in [3.8, 4) is 0 Å². The molecule has 1 saturated carbocycles. The summed E-state index contributed by atoms with van der Waals surface area (Å²) in [6.45, 7) is 13.3. The number of carbonyl (C=O) groups is 4. The second-order valence-electron chi connectivity index (χ2n) is 11.6. The maximum Gasteiger partial charge on any atom is 0.334 e. The number of carbonyl (C=O) groups excluding carboxylic acids is 4. The maximum atomic E-state index is 13.0. The largest absolute Gasteiger partial charge is 0.469 e. The van der Waals surface area contributed by atoms with Crippen LogP contribution in [0.3, 0.4) is 0 Å². The van der Waals surface area contributed by atoms with E-state index < -0.39 is 58.2 Å². The Hall–Kier alpha value is -3.00. The zero-order valence-electron chi connectivity index (χ0n) is 22.3. The number of methoxy groups -OCH3 is 1. The van der Waals surface area contributed by atoms with Crippen LogP contribution < -0.4 is 0 Å². The number of fused-ring (bicyclic) bond motifs is 1. The van der Waals surface area contributed by atoms with Crippen LogP contribution in [0.1, 0.15) is 47.5 Å². The van der Waals surface area contributed by atoms with Crippen molar-refractivity contribution in [3.05, 3.63) is 47.6 Å². The minimum atomic E-state index is -1.19. The van der Waals surface area contributed by atoms with E-state index >= 15 is 0 Å². The summed E-state index contributed by atoms with van der Waals surface area (Å²) in [6, 6.07) is 0. The Morgan fingerprint density at radius 1 is 1.19 bits per heavy atom. The molecule has 0 aromatic rings. The number of ketones is 1. The molecule has 200 valence electrons. The maximum absolute atomic E-state index is 13.0. The van der Waals surface area contributed by atoms with E-state index in [1.165, 1.54) is 20.1 Å². The molecule has 3 aliphatic carbocycles. The number of cyclic esters (lactones) is 1. The monoisotopic (exact) mass is 512 g/mol. The molecule has 1 heterocycles. The van der Waals surface area contributed by atoms with Gasteiger partial charge in [0.1, 0.15) is 18.8 Å². The zero-order valence-corrected chi connectivity index (χ0v) is 22.3. The van der Waals surface area contributed by atoms with Gasteiger partial charge >= 0.3 is 17.9 Å². The number of aliphatic hydroxyl groups excluding tert-OH is 1. The predicted molar refractivity (Wildman–Crippen MR) is 134 cm³/mol. The molecule has 1 fully saturated rings. The highest BCUT2D eigenvalue weighted by atomic mass is 16.6. The third kappa shape index (κ3) is 3.92. The Morgan fingerprint density at radius 2 is 1.86 bits per heavy atom. The summed E-state index contributed by atoms with van der Waals surface area (Å²) in [5.74, 6) is -3.13. The van der Waals surface area contributed by atoms with Gasteiger partial charge in [0.15, 0.2) is 5.78 Å². The Morgan fingerprint density at radius 3 is 2.43 bits per heavy atom. The average Bonchev–Trinajstić information content (AvgIpc) is 3.40. The van der Waals surface area contributed by atoms with E-state index in [2.05, 4.69) is 6.58 Å². The molecule has 4 rings (SSSR count). The molecule has 8 nitrogen and oxygen atoms in total. The number of esters is 3. The Balaban J connectivity index is 1.86. The van der Waals surface area contributed by atoms with Gasteiger partial charge in [0.05, 0.1) is 13.5 Å². The first-order chi connectivity index (χ1) is 17.2. The minimum absolute atomic E-state index is 0.0413. The molecular weight excluding hydrogens is 476 g/mol. The van der Waals surface area contributed by atoms with Crippen LogP contribution in [0.15, 0.2) is 47.6 Å². The normalized spacial score (nSPS) is 38.5. The van der Waals surface area contributed by atoms with E-state index in [4.69, 9.17) is 14.2 Å². The van der Waals surface area contributed by atoms with Gasteiger partial charge in [0.2, 0.25) is 0 Å². The standard InChI is InChI=1S/C29H36O8/c1-15-18-8-9-19(17-11-13-36-26(17)34)29(18,6)25(33)24(37-16(2)30)23(15)28(5)12-10-21(31)27(3,4)20(28)14-22(32)35-7/h8,10-12,19-20,23-25,33H,1,9,13-14H2,2-7H3/t19-,20+,23-,24-,25+,28+,29-/m1/s1. The Labute approximate surface area is 217 Å². The van der Waals surface area contributed by atoms with Crippen LogP contribution in [-0.2, 0) is 33.4 Å².